The van der Waals surface area contributed by atoms with E-state index >= 15 is 0 Å². The Labute approximate surface area is 168 Å². The molecule has 6 nitrogen and oxygen atoms in total. The number of guanidine groups is 1. The van der Waals surface area contributed by atoms with Crippen molar-refractivity contribution in [3.63, 3.8) is 0 Å². The number of hydrogen-bond acceptors (Lipinski definition) is 4. The molecule has 0 atom stereocenters. The molecule has 0 aliphatic carbocycles. The molecule has 0 unspecified atom stereocenters. The summed E-state index contributed by atoms with van der Waals surface area (Å²) in [7, 11) is -1.05. The molecule has 25 heavy (non-hydrogen) atoms. The first kappa shape index (κ1) is 22.2. The van der Waals surface area contributed by atoms with Crippen molar-refractivity contribution in [1.29, 1.82) is 0 Å². The maximum Gasteiger partial charge on any atom is 0.191 e. The minimum absolute atomic E-state index is 0. The molecule has 0 bridgehead atoms. The van der Waals surface area contributed by atoms with Gasteiger partial charge in [0, 0.05) is 39.8 Å². The first-order chi connectivity index (χ1) is 11.4. The van der Waals surface area contributed by atoms with Crippen LogP contribution < -0.4 is 10.6 Å². The third kappa shape index (κ3) is 7.49. The number of halogens is 1. The molecule has 0 amide bonds. The van der Waals surface area contributed by atoms with Crippen molar-refractivity contribution >= 4 is 39.8 Å². The van der Waals surface area contributed by atoms with Crippen molar-refractivity contribution < 1.29 is 8.42 Å². The van der Waals surface area contributed by atoms with Crippen LogP contribution in [-0.4, -0.2) is 64.0 Å². The topological polar surface area (TPSA) is 73.8 Å². The van der Waals surface area contributed by atoms with Gasteiger partial charge in [-0.25, -0.2) is 8.42 Å². The third-order valence-corrected chi connectivity index (χ3v) is 5.93. The van der Waals surface area contributed by atoms with E-state index in [1.54, 1.807) is 7.05 Å². The minimum atomic E-state index is -2.81. The number of benzene rings is 1. The zero-order valence-corrected chi connectivity index (χ0v) is 18.4. The van der Waals surface area contributed by atoms with Crippen molar-refractivity contribution in [1.82, 2.24) is 15.5 Å². The van der Waals surface area contributed by atoms with Crippen LogP contribution >= 0.6 is 24.0 Å². The van der Waals surface area contributed by atoms with Crippen molar-refractivity contribution in [3.8, 4) is 0 Å². The van der Waals surface area contributed by atoms with Crippen LogP contribution in [0.1, 0.15) is 16.7 Å². The van der Waals surface area contributed by atoms with Crippen LogP contribution in [0.3, 0.4) is 0 Å². The summed E-state index contributed by atoms with van der Waals surface area (Å²) in [6.07, 6.45) is 0. The number of nitrogens with one attached hydrogen (secondary N) is 2. The molecule has 1 aliphatic heterocycles. The van der Waals surface area contributed by atoms with Crippen molar-refractivity contribution in [3.05, 3.63) is 34.9 Å². The quantitative estimate of drug-likeness (QED) is 0.378. The van der Waals surface area contributed by atoms with E-state index in [0.717, 1.165) is 25.6 Å². The summed E-state index contributed by atoms with van der Waals surface area (Å²) in [5.41, 5.74) is 3.79. The lowest BCUT2D eigenvalue weighted by Gasteiger charge is -2.26. The van der Waals surface area contributed by atoms with E-state index in [-0.39, 0.29) is 35.5 Å². The molecule has 1 aliphatic rings. The Morgan fingerprint density at radius 2 is 1.88 bits per heavy atom. The molecule has 0 spiro atoms. The molecule has 0 radical (unpaired) electrons. The highest BCUT2D eigenvalue weighted by atomic mass is 127. The number of aliphatic imine (C=N–C) groups is 1. The van der Waals surface area contributed by atoms with E-state index in [4.69, 9.17) is 0 Å². The fourth-order valence-electron chi connectivity index (χ4n) is 2.75. The second-order valence-corrected chi connectivity index (χ2v) is 8.58. The first-order valence-electron chi connectivity index (χ1n) is 8.33. The number of sulfone groups is 1. The van der Waals surface area contributed by atoms with Gasteiger partial charge in [-0.1, -0.05) is 23.8 Å². The molecule has 1 aromatic carbocycles. The summed E-state index contributed by atoms with van der Waals surface area (Å²) in [5.74, 6) is 1.30. The monoisotopic (exact) mass is 480 g/mol. The Hall–Kier alpha value is -0.870. The van der Waals surface area contributed by atoms with Gasteiger partial charge in [0.25, 0.3) is 0 Å². The molecule has 0 aromatic heterocycles. The SMILES string of the molecule is CN=C(NCCN1CCS(=O)(=O)CC1)NCc1ccc(C)cc1C.I. The number of rotatable bonds is 5. The van der Waals surface area contributed by atoms with Gasteiger partial charge in [-0.15, -0.1) is 24.0 Å². The van der Waals surface area contributed by atoms with E-state index in [0.29, 0.717) is 13.1 Å². The molecular weight excluding hydrogens is 451 g/mol. The Morgan fingerprint density at radius 3 is 2.48 bits per heavy atom. The highest BCUT2D eigenvalue weighted by molar-refractivity contribution is 14.0. The maximum absolute atomic E-state index is 11.4. The van der Waals surface area contributed by atoms with Gasteiger partial charge in [0.05, 0.1) is 11.5 Å². The Balaban J connectivity index is 0.00000312. The van der Waals surface area contributed by atoms with E-state index < -0.39 is 9.84 Å². The average molecular weight is 480 g/mol. The van der Waals surface area contributed by atoms with Crippen LogP contribution in [0.4, 0.5) is 0 Å². The van der Waals surface area contributed by atoms with Crippen molar-refractivity contribution in [2.75, 3.05) is 44.7 Å². The van der Waals surface area contributed by atoms with Gasteiger partial charge in [0.2, 0.25) is 0 Å². The van der Waals surface area contributed by atoms with Crippen LogP contribution in [0.2, 0.25) is 0 Å². The van der Waals surface area contributed by atoms with E-state index in [1.165, 1.54) is 16.7 Å². The fraction of sp³-hybridized carbons (Fsp3) is 0.588. The lowest BCUT2D eigenvalue weighted by molar-refractivity contribution is 0.299. The van der Waals surface area contributed by atoms with Gasteiger partial charge >= 0.3 is 0 Å². The molecule has 2 N–H and O–H groups in total. The summed E-state index contributed by atoms with van der Waals surface area (Å²) in [4.78, 5) is 6.41. The van der Waals surface area contributed by atoms with Gasteiger partial charge in [-0.05, 0) is 25.0 Å². The standard InChI is InChI=1S/C17H28N4O2S.HI/c1-14-4-5-16(15(2)12-14)13-20-17(18-3)19-6-7-21-8-10-24(22,23)11-9-21;/h4-5,12H,6-11,13H2,1-3H3,(H2,18,19,20);1H. The fourth-order valence-corrected chi connectivity index (χ4v) is 4.03. The number of nitrogens with zero attached hydrogens (tertiary/aromatic N) is 2. The highest BCUT2D eigenvalue weighted by Gasteiger charge is 2.20. The molecule has 1 fully saturated rings. The average Bonchev–Trinajstić information content (AvgIpc) is 2.53. The zero-order chi connectivity index (χ0) is 17.6. The van der Waals surface area contributed by atoms with Crippen LogP contribution in [0, 0.1) is 13.8 Å². The normalized spacial score (nSPS) is 17.6. The van der Waals surface area contributed by atoms with Crippen LogP contribution in [0.5, 0.6) is 0 Å². The molecule has 0 saturated carbocycles. The predicted octanol–water partition coefficient (Wildman–Crippen LogP) is 1.32. The van der Waals surface area contributed by atoms with Crippen LogP contribution in [0.25, 0.3) is 0 Å². The smallest absolute Gasteiger partial charge is 0.191 e. The maximum atomic E-state index is 11.4. The summed E-state index contributed by atoms with van der Waals surface area (Å²) in [5, 5.41) is 6.61. The van der Waals surface area contributed by atoms with Crippen molar-refractivity contribution in [2.24, 2.45) is 4.99 Å². The summed E-state index contributed by atoms with van der Waals surface area (Å²) in [6, 6.07) is 6.43. The van der Waals surface area contributed by atoms with Gasteiger partial charge in [0.15, 0.2) is 15.8 Å². The predicted molar refractivity (Wildman–Crippen MR) is 115 cm³/mol. The molecular formula is C17H29IN4O2S. The lowest BCUT2D eigenvalue weighted by atomic mass is 10.1. The highest BCUT2D eigenvalue weighted by Crippen LogP contribution is 2.10. The largest absolute Gasteiger partial charge is 0.355 e. The Morgan fingerprint density at radius 1 is 1.20 bits per heavy atom. The van der Waals surface area contributed by atoms with Gasteiger partial charge in [-0.2, -0.15) is 0 Å². The molecule has 1 saturated heterocycles. The summed E-state index contributed by atoms with van der Waals surface area (Å²) < 4.78 is 22.8. The first-order valence-corrected chi connectivity index (χ1v) is 10.2. The molecule has 1 heterocycles. The summed E-state index contributed by atoms with van der Waals surface area (Å²) in [6.45, 7) is 7.75. The van der Waals surface area contributed by atoms with E-state index in [1.807, 2.05) is 0 Å². The second-order valence-electron chi connectivity index (χ2n) is 6.28. The molecule has 1 aromatic rings. The molecule has 142 valence electrons. The van der Waals surface area contributed by atoms with Crippen LogP contribution in [0.15, 0.2) is 23.2 Å². The molecule has 8 heteroatoms. The lowest BCUT2D eigenvalue weighted by Crippen LogP contribution is -2.45. The minimum Gasteiger partial charge on any atom is -0.355 e. The number of aryl methyl sites for hydroxylation is 2. The van der Waals surface area contributed by atoms with Crippen LogP contribution in [-0.2, 0) is 16.4 Å². The van der Waals surface area contributed by atoms with E-state index in [2.05, 4.69) is 52.6 Å². The Bertz CT molecular complexity index is 678. The molecule has 2 rings (SSSR count). The van der Waals surface area contributed by atoms with Gasteiger partial charge < -0.3 is 10.6 Å². The van der Waals surface area contributed by atoms with Gasteiger partial charge in [0.1, 0.15) is 0 Å². The number of hydrogen-bond donors (Lipinski definition) is 2. The second kappa shape index (κ2) is 10.3. The summed E-state index contributed by atoms with van der Waals surface area (Å²) >= 11 is 0. The van der Waals surface area contributed by atoms with Gasteiger partial charge in [-0.3, -0.25) is 9.89 Å². The Kier molecular flexibility index (Phi) is 9.15. The third-order valence-electron chi connectivity index (χ3n) is 4.33. The van der Waals surface area contributed by atoms with Crippen molar-refractivity contribution in [2.45, 2.75) is 20.4 Å². The zero-order valence-electron chi connectivity index (χ0n) is 15.2. The van der Waals surface area contributed by atoms with E-state index in [9.17, 15) is 8.42 Å².